The highest BCUT2D eigenvalue weighted by molar-refractivity contribution is 7.14. The topological polar surface area (TPSA) is 122 Å². The zero-order valence-electron chi connectivity index (χ0n) is 19.7. The molecule has 1 aliphatic rings. The summed E-state index contributed by atoms with van der Waals surface area (Å²) in [5.74, 6) is -0.952. The van der Waals surface area contributed by atoms with E-state index < -0.39 is 11.9 Å². The van der Waals surface area contributed by atoms with Crippen molar-refractivity contribution >= 4 is 28.3 Å². The second kappa shape index (κ2) is 10.1. The van der Waals surface area contributed by atoms with Crippen LogP contribution in [0.5, 0.6) is 17.2 Å². The minimum Gasteiger partial charge on any atom is -0.493 e. The number of ether oxygens (including phenoxy) is 2. The molecule has 0 fully saturated rings. The van der Waals surface area contributed by atoms with E-state index in [4.69, 9.17) is 9.47 Å². The summed E-state index contributed by atoms with van der Waals surface area (Å²) in [5.41, 5.74) is 4.01. The summed E-state index contributed by atoms with van der Waals surface area (Å²) in [6.45, 7) is 2.29. The van der Waals surface area contributed by atoms with Crippen molar-refractivity contribution in [2.24, 2.45) is 0 Å². The van der Waals surface area contributed by atoms with Crippen LogP contribution in [0.2, 0.25) is 0 Å². The van der Waals surface area contributed by atoms with Gasteiger partial charge in [0.25, 0.3) is 5.91 Å². The first-order valence-corrected chi connectivity index (χ1v) is 12.3. The molecule has 37 heavy (non-hydrogen) atoms. The largest absolute Gasteiger partial charge is 0.493 e. The number of carboxylic acids is 1. The van der Waals surface area contributed by atoms with Gasteiger partial charge in [0.1, 0.15) is 23.3 Å². The van der Waals surface area contributed by atoms with Gasteiger partial charge in [-0.15, -0.1) is 11.3 Å². The van der Waals surface area contributed by atoms with Crippen molar-refractivity contribution in [3.05, 3.63) is 88.3 Å². The fourth-order valence-electron chi connectivity index (χ4n) is 4.00. The number of carboxylic acid groups (broad SMARTS) is 1. The second-order valence-corrected chi connectivity index (χ2v) is 9.37. The van der Waals surface area contributed by atoms with E-state index in [0.29, 0.717) is 34.2 Å². The quantitative estimate of drug-likeness (QED) is 0.326. The lowest BCUT2D eigenvalue weighted by Crippen LogP contribution is -2.21. The highest BCUT2D eigenvalue weighted by atomic mass is 32.1. The van der Waals surface area contributed by atoms with Gasteiger partial charge in [-0.25, -0.2) is 4.98 Å². The van der Waals surface area contributed by atoms with Crippen molar-refractivity contribution in [1.29, 1.82) is 5.26 Å². The highest BCUT2D eigenvalue weighted by Crippen LogP contribution is 2.39. The Balaban J connectivity index is 1.29. The van der Waals surface area contributed by atoms with E-state index >= 15 is 0 Å². The Hall–Kier alpha value is -4.68. The predicted octanol–water partition coefficient (Wildman–Crippen LogP) is 5.99. The molecule has 4 aromatic rings. The molecule has 0 saturated carbocycles. The lowest BCUT2D eigenvalue weighted by Gasteiger charge is -2.24. The molecule has 5 rings (SSSR count). The van der Waals surface area contributed by atoms with Gasteiger partial charge in [0.05, 0.1) is 23.8 Å². The van der Waals surface area contributed by atoms with Crippen molar-refractivity contribution < 1.29 is 24.2 Å². The van der Waals surface area contributed by atoms with Gasteiger partial charge in [0.2, 0.25) is 0 Å². The van der Waals surface area contributed by atoms with Gasteiger partial charge in [0, 0.05) is 28.1 Å². The van der Waals surface area contributed by atoms with Crippen LogP contribution in [0.3, 0.4) is 0 Å². The summed E-state index contributed by atoms with van der Waals surface area (Å²) < 4.78 is 11.5. The average molecular weight is 512 g/mol. The Bertz CT molecular complexity index is 1520. The van der Waals surface area contributed by atoms with Crippen LogP contribution in [0.15, 0.2) is 66.0 Å². The summed E-state index contributed by atoms with van der Waals surface area (Å²) >= 11 is 1.35. The maximum Gasteiger partial charge on any atom is 0.311 e. The monoisotopic (exact) mass is 511 g/mol. The van der Waals surface area contributed by atoms with Crippen LogP contribution in [0, 0.1) is 18.3 Å². The number of aromatic nitrogens is 1. The van der Waals surface area contributed by atoms with Crippen molar-refractivity contribution in [1.82, 2.24) is 4.98 Å². The number of benzene rings is 3. The molecule has 2 N–H and O–H groups in total. The Kier molecular flexibility index (Phi) is 6.58. The van der Waals surface area contributed by atoms with Gasteiger partial charge in [0.15, 0.2) is 5.13 Å². The third kappa shape index (κ3) is 5.15. The predicted molar refractivity (Wildman–Crippen MR) is 138 cm³/mol. The number of aliphatic carboxylic acids is 1. The highest BCUT2D eigenvalue weighted by Gasteiger charge is 2.29. The number of fused-ring (bicyclic) bond motifs is 1. The van der Waals surface area contributed by atoms with Crippen LogP contribution in [-0.2, 0) is 4.79 Å². The van der Waals surface area contributed by atoms with Crippen LogP contribution in [0.4, 0.5) is 5.13 Å². The molecule has 0 saturated heterocycles. The molecule has 0 aliphatic carbocycles. The summed E-state index contributed by atoms with van der Waals surface area (Å²) in [6, 6.07) is 19.6. The number of nitrogens with zero attached hydrogens (tertiary/aromatic N) is 2. The smallest absolute Gasteiger partial charge is 0.311 e. The first-order chi connectivity index (χ1) is 17.9. The van der Waals surface area contributed by atoms with Gasteiger partial charge in [-0.05, 0) is 43.7 Å². The molecule has 2 heterocycles. The van der Waals surface area contributed by atoms with E-state index in [9.17, 15) is 20.0 Å². The minimum atomic E-state index is -0.958. The molecule has 0 radical (unpaired) electrons. The van der Waals surface area contributed by atoms with Crippen LogP contribution >= 0.6 is 11.3 Å². The molecule has 3 aromatic carbocycles. The van der Waals surface area contributed by atoms with E-state index in [1.165, 1.54) is 23.5 Å². The summed E-state index contributed by atoms with van der Waals surface area (Å²) in [4.78, 5) is 28.8. The maximum absolute atomic E-state index is 12.7. The van der Waals surface area contributed by atoms with E-state index in [-0.39, 0.29) is 23.8 Å². The third-order valence-corrected chi connectivity index (χ3v) is 6.74. The number of hydrogen-bond acceptors (Lipinski definition) is 7. The van der Waals surface area contributed by atoms with Crippen LogP contribution in [-0.4, -0.2) is 28.6 Å². The lowest BCUT2D eigenvalue weighted by molar-refractivity contribution is -0.139. The number of carbonyl (C=O) groups excluding carboxylic acids is 1. The number of nitrogens with one attached hydrogen (secondary N) is 1. The van der Waals surface area contributed by atoms with Crippen molar-refractivity contribution in [3.8, 4) is 34.6 Å². The maximum atomic E-state index is 12.7. The van der Waals surface area contributed by atoms with E-state index in [1.54, 1.807) is 24.3 Å². The fourth-order valence-corrected chi connectivity index (χ4v) is 4.72. The zero-order chi connectivity index (χ0) is 25.9. The zero-order valence-corrected chi connectivity index (χ0v) is 20.5. The number of thiazole rings is 1. The molecule has 1 amide bonds. The SMILES string of the molecule is Cc1ccc(-c2csc(NC(=O)c3ccc(Oc4cc5c(cc4C#N)C(C(=O)O)CCO5)cc3)n2)cc1. The van der Waals surface area contributed by atoms with Crippen molar-refractivity contribution in [2.45, 2.75) is 19.3 Å². The number of carbonyl (C=O) groups is 2. The third-order valence-electron chi connectivity index (χ3n) is 5.99. The Morgan fingerprint density at radius 3 is 2.62 bits per heavy atom. The lowest BCUT2D eigenvalue weighted by atomic mass is 9.91. The molecule has 0 spiro atoms. The minimum absolute atomic E-state index is 0.200. The number of anilines is 1. The van der Waals surface area contributed by atoms with Crippen LogP contribution in [0.1, 0.15) is 39.4 Å². The number of aryl methyl sites for hydroxylation is 1. The van der Waals surface area contributed by atoms with Gasteiger partial charge in [-0.2, -0.15) is 5.26 Å². The first-order valence-electron chi connectivity index (χ1n) is 11.5. The molecule has 1 atom stereocenters. The summed E-state index contributed by atoms with van der Waals surface area (Å²) in [7, 11) is 0. The van der Waals surface area contributed by atoms with Crippen LogP contribution < -0.4 is 14.8 Å². The molecule has 9 heteroatoms. The van der Waals surface area contributed by atoms with Gasteiger partial charge < -0.3 is 14.6 Å². The molecular weight excluding hydrogens is 490 g/mol. The Morgan fingerprint density at radius 1 is 1.16 bits per heavy atom. The number of amides is 1. The van der Waals surface area contributed by atoms with Gasteiger partial charge in [-0.3, -0.25) is 14.9 Å². The van der Waals surface area contributed by atoms with Crippen molar-refractivity contribution in [2.75, 3.05) is 11.9 Å². The average Bonchev–Trinajstić information content (AvgIpc) is 3.37. The van der Waals surface area contributed by atoms with Gasteiger partial charge in [-0.1, -0.05) is 29.8 Å². The normalized spacial score (nSPS) is 14.1. The molecular formula is C28H21N3O5S. The first kappa shape index (κ1) is 24.0. The molecule has 1 unspecified atom stereocenters. The Morgan fingerprint density at radius 2 is 1.92 bits per heavy atom. The van der Waals surface area contributed by atoms with Crippen molar-refractivity contribution in [3.63, 3.8) is 0 Å². The second-order valence-electron chi connectivity index (χ2n) is 8.51. The van der Waals surface area contributed by atoms with E-state index in [1.807, 2.05) is 36.6 Å². The molecule has 1 aromatic heterocycles. The van der Waals surface area contributed by atoms with E-state index in [0.717, 1.165) is 16.8 Å². The summed E-state index contributed by atoms with van der Waals surface area (Å²) in [5, 5.41) is 24.3. The standard InChI is InChI=1S/C28H21N3O5S/c1-16-2-4-17(5-3-16)23-15-37-28(30-23)31-26(32)18-6-8-20(9-7-18)36-24-13-25-22(12-19(24)14-29)21(27(33)34)10-11-35-25/h2-9,12-13,15,21H,10-11H2,1H3,(H,33,34)(H,30,31,32). The fraction of sp³-hybridized carbons (Fsp3) is 0.143. The Labute approximate surface area is 216 Å². The molecule has 8 nitrogen and oxygen atoms in total. The molecule has 0 bridgehead atoms. The molecule has 1 aliphatic heterocycles. The molecule has 184 valence electrons. The summed E-state index contributed by atoms with van der Waals surface area (Å²) in [6.07, 6.45) is 0.338. The number of nitriles is 1. The number of rotatable bonds is 6. The number of hydrogen-bond donors (Lipinski definition) is 2. The van der Waals surface area contributed by atoms with Gasteiger partial charge >= 0.3 is 5.97 Å². The van der Waals surface area contributed by atoms with Crippen LogP contribution in [0.25, 0.3) is 11.3 Å². The van der Waals surface area contributed by atoms with E-state index in [2.05, 4.69) is 16.4 Å².